The smallest absolute Gasteiger partial charge is 0.292 e. The van der Waals surface area contributed by atoms with Crippen LogP contribution in [-0.4, -0.2) is 9.55 Å². The number of H-pyrrole nitrogens is 1. The molecule has 3 heterocycles. The number of hydrogen-bond acceptors (Lipinski definition) is 2. The summed E-state index contributed by atoms with van der Waals surface area (Å²) in [6, 6.07) is 69.8. The molecular weight excluding hydrogens is 677 g/mol. The van der Waals surface area contributed by atoms with Crippen molar-refractivity contribution in [2.75, 3.05) is 4.90 Å². The molecule has 54 heavy (non-hydrogen) atoms. The maximum absolute atomic E-state index is 3.73. The molecule has 254 valence electrons. The van der Waals surface area contributed by atoms with Gasteiger partial charge in [-0.15, -0.1) is 11.3 Å². The molecule has 4 nitrogen and oxygen atoms in total. The number of fused-ring (bicyclic) bond motifs is 8. The van der Waals surface area contributed by atoms with Crippen molar-refractivity contribution in [1.82, 2.24) is 9.55 Å². The second-order valence-corrected chi connectivity index (χ2v) is 14.8. The lowest BCUT2D eigenvalue weighted by Gasteiger charge is -2.25. The van der Waals surface area contributed by atoms with Gasteiger partial charge in [0.05, 0.1) is 16.6 Å². The number of para-hydroxylation sites is 5. The molecule has 3 aromatic heterocycles. The molecule has 0 atom stereocenters. The maximum Gasteiger partial charge on any atom is 0.292 e. The molecule has 11 rings (SSSR count). The van der Waals surface area contributed by atoms with Crippen LogP contribution in [0, 0.1) is 0 Å². The molecule has 0 aliphatic carbocycles. The minimum absolute atomic E-state index is 1.05. The summed E-state index contributed by atoms with van der Waals surface area (Å²) >= 11 is 1.87. The quantitative estimate of drug-likeness (QED) is 0.171. The summed E-state index contributed by atoms with van der Waals surface area (Å²) in [5.74, 6) is 1.05. The average molecular weight is 710 g/mol. The van der Waals surface area contributed by atoms with Gasteiger partial charge in [0.25, 0.3) is 5.82 Å². The largest absolute Gasteiger partial charge is 0.310 e. The second kappa shape index (κ2) is 12.3. The van der Waals surface area contributed by atoms with Crippen LogP contribution in [0.4, 0.5) is 17.1 Å². The van der Waals surface area contributed by atoms with Crippen LogP contribution in [0.25, 0.3) is 75.8 Å². The zero-order chi connectivity index (χ0) is 35.6. The first-order chi connectivity index (χ1) is 26.8. The number of aromatic amines is 1. The Morgan fingerprint density at radius 3 is 1.93 bits per heavy atom. The van der Waals surface area contributed by atoms with E-state index in [0.29, 0.717) is 0 Å². The van der Waals surface area contributed by atoms with E-state index in [-0.39, 0.29) is 0 Å². The predicted octanol–water partition coefficient (Wildman–Crippen LogP) is 13.0. The van der Waals surface area contributed by atoms with Crippen molar-refractivity contribution < 1.29 is 4.57 Å². The fraction of sp³-hybridized carbons (Fsp3) is 0. The van der Waals surface area contributed by atoms with E-state index in [0.717, 1.165) is 50.9 Å². The molecule has 5 heteroatoms. The fourth-order valence-corrected chi connectivity index (χ4v) is 9.31. The molecule has 0 aliphatic heterocycles. The van der Waals surface area contributed by atoms with Gasteiger partial charge in [-0.1, -0.05) is 91.0 Å². The van der Waals surface area contributed by atoms with E-state index < -0.39 is 0 Å². The molecule has 0 saturated heterocycles. The standard InChI is InChI=1S/C49H32N4S/c1-4-14-34(15-5-1)51(35-16-6-2-7-17-35)38-28-30-43-41(32-38)39-29-31-46-47(40-20-10-13-23-45(40)54-46)48(39)52(43)37-26-24-33(25-27-37)49-50-42-21-11-12-22-44(42)53(49)36-18-8-3-9-19-36/h1-32H/p+1. The predicted molar refractivity (Wildman–Crippen MR) is 227 cm³/mol. The van der Waals surface area contributed by atoms with E-state index in [1.807, 2.05) is 11.3 Å². The topological polar surface area (TPSA) is 27.8 Å². The van der Waals surface area contributed by atoms with Gasteiger partial charge in [0.1, 0.15) is 5.69 Å². The van der Waals surface area contributed by atoms with Crippen LogP contribution < -0.4 is 9.47 Å². The van der Waals surface area contributed by atoms with Gasteiger partial charge in [-0.25, -0.2) is 4.98 Å². The van der Waals surface area contributed by atoms with Crippen LogP contribution in [-0.2, 0) is 0 Å². The van der Waals surface area contributed by atoms with Crippen molar-refractivity contribution in [2.24, 2.45) is 0 Å². The van der Waals surface area contributed by atoms with Crippen LogP contribution in [0.5, 0.6) is 0 Å². The number of benzene rings is 8. The van der Waals surface area contributed by atoms with Gasteiger partial charge in [0.2, 0.25) is 0 Å². The van der Waals surface area contributed by atoms with E-state index >= 15 is 0 Å². The number of nitrogens with one attached hydrogen (secondary N) is 1. The van der Waals surface area contributed by atoms with Gasteiger partial charge in [-0.2, -0.15) is 4.57 Å². The Hall–Kier alpha value is -6.95. The van der Waals surface area contributed by atoms with Crippen molar-refractivity contribution in [3.05, 3.63) is 194 Å². The van der Waals surface area contributed by atoms with E-state index in [2.05, 4.69) is 213 Å². The highest BCUT2D eigenvalue weighted by atomic mass is 32.1. The summed E-state index contributed by atoms with van der Waals surface area (Å²) in [7, 11) is 0. The minimum atomic E-state index is 1.05. The van der Waals surface area contributed by atoms with Gasteiger partial charge < -0.3 is 9.47 Å². The lowest BCUT2D eigenvalue weighted by atomic mass is 10.1. The van der Waals surface area contributed by atoms with Gasteiger partial charge in [0.15, 0.2) is 11.0 Å². The second-order valence-electron chi connectivity index (χ2n) is 13.7. The van der Waals surface area contributed by atoms with E-state index in [4.69, 9.17) is 0 Å². The Morgan fingerprint density at radius 1 is 0.500 bits per heavy atom. The Bertz CT molecular complexity index is 3100. The van der Waals surface area contributed by atoms with E-state index in [1.165, 1.54) is 42.0 Å². The highest BCUT2D eigenvalue weighted by Gasteiger charge is 2.24. The molecule has 0 fully saturated rings. The van der Waals surface area contributed by atoms with Crippen LogP contribution in [0.3, 0.4) is 0 Å². The van der Waals surface area contributed by atoms with Crippen LogP contribution in [0.15, 0.2) is 194 Å². The molecule has 0 radical (unpaired) electrons. The summed E-state index contributed by atoms with van der Waals surface area (Å²) in [4.78, 5) is 6.08. The Kier molecular flexibility index (Phi) is 7.00. The van der Waals surface area contributed by atoms with E-state index in [9.17, 15) is 0 Å². The molecule has 0 aliphatic rings. The third kappa shape index (κ3) is 4.79. The lowest BCUT2D eigenvalue weighted by Crippen LogP contribution is -2.31. The van der Waals surface area contributed by atoms with Gasteiger partial charge in [-0.05, 0) is 103 Å². The number of anilines is 3. The molecule has 0 amide bonds. The Balaban J connectivity index is 1.15. The highest BCUT2D eigenvalue weighted by molar-refractivity contribution is 7.26. The van der Waals surface area contributed by atoms with Crippen molar-refractivity contribution in [1.29, 1.82) is 0 Å². The van der Waals surface area contributed by atoms with Gasteiger partial charge in [-0.3, -0.25) is 0 Å². The molecule has 1 N–H and O–H groups in total. The zero-order valence-electron chi connectivity index (χ0n) is 29.2. The number of rotatable bonds is 6. The van der Waals surface area contributed by atoms with Crippen molar-refractivity contribution >= 4 is 81.4 Å². The van der Waals surface area contributed by atoms with E-state index in [1.54, 1.807) is 0 Å². The summed E-state index contributed by atoms with van der Waals surface area (Å²) < 4.78 is 7.39. The summed E-state index contributed by atoms with van der Waals surface area (Å²) in [5, 5.41) is 5.06. The Labute approximate surface area is 316 Å². The van der Waals surface area contributed by atoms with Crippen molar-refractivity contribution in [3.8, 4) is 22.8 Å². The van der Waals surface area contributed by atoms with Gasteiger partial charge >= 0.3 is 0 Å². The monoisotopic (exact) mass is 709 g/mol. The lowest BCUT2D eigenvalue weighted by molar-refractivity contribution is -0.554. The maximum atomic E-state index is 3.73. The molecule has 0 bridgehead atoms. The molecule has 11 aromatic rings. The number of hydrogen-bond donors (Lipinski definition) is 1. The average Bonchev–Trinajstić information content (AvgIpc) is 3.92. The van der Waals surface area contributed by atoms with Crippen molar-refractivity contribution in [3.63, 3.8) is 0 Å². The third-order valence-electron chi connectivity index (χ3n) is 10.6. The number of imidazole rings is 1. The van der Waals surface area contributed by atoms with Crippen molar-refractivity contribution in [2.45, 2.75) is 0 Å². The first-order valence-corrected chi connectivity index (χ1v) is 19.1. The van der Waals surface area contributed by atoms with Crippen LogP contribution in [0.1, 0.15) is 0 Å². The summed E-state index contributed by atoms with van der Waals surface area (Å²) in [6.45, 7) is 0. The fourth-order valence-electron chi connectivity index (χ4n) is 8.21. The van der Waals surface area contributed by atoms with Crippen LogP contribution in [0.2, 0.25) is 0 Å². The highest BCUT2D eigenvalue weighted by Crippen LogP contribution is 2.45. The van der Waals surface area contributed by atoms with Crippen LogP contribution >= 0.6 is 11.3 Å². The molecular formula is C49H33N4S+. The zero-order valence-corrected chi connectivity index (χ0v) is 30.0. The number of nitrogens with zero attached hydrogens (tertiary/aromatic N) is 3. The molecule has 0 spiro atoms. The number of aromatic nitrogens is 3. The molecule has 8 aromatic carbocycles. The Morgan fingerprint density at radius 2 is 1.17 bits per heavy atom. The summed E-state index contributed by atoms with van der Waals surface area (Å²) in [5.41, 5.74) is 11.4. The third-order valence-corrected chi connectivity index (χ3v) is 11.7. The van der Waals surface area contributed by atoms with Gasteiger partial charge in [0, 0.05) is 53.7 Å². The molecule has 0 saturated carbocycles. The SMILES string of the molecule is c1ccc(N(c2ccccc2)c2ccc3c(c2)c2ccc4sc5ccccc5c4c2n3-c2ccc(-c3[nH]c4ccccc4[n+]3-c3ccccc3)cc2)cc1. The number of thiophene rings is 1. The normalized spacial score (nSPS) is 11.7. The summed E-state index contributed by atoms with van der Waals surface area (Å²) in [6.07, 6.45) is 0. The minimum Gasteiger partial charge on any atom is -0.310 e. The molecule has 0 unspecified atom stereocenters. The first-order valence-electron chi connectivity index (χ1n) is 18.3. The first kappa shape index (κ1) is 30.7.